The van der Waals surface area contributed by atoms with Gasteiger partial charge in [0.25, 0.3) is 0 Å². The van der Waals surface area contributed by atoms with Crippen LogP contribution in [0.2, 0.25) is 12.1 Å². The van der Waals surface area contributed by atoms with Crippen molar-refractivity contribution in [3.63, 3.8) is 0 Å². The van der Waals surface area contributed by atoms with Crippen molar-refractivity contribution >= 4 is 8.56 Å². The number of hydrogen-bond acceptors (Lipinski definition) is 2. The Bertz CT molecular complexity index is 377. The molecule has 0 spiro atoms. The molecular formula is C34H72O2Si. The fraction of sp³-hybridized carbons (Fsp3) is 1.00. The molecule has 0 radical (unpaired) electrons. The fourth-order valence-electron chi connectivity index (χ4n) is 5.81. The van der Waals surface area contributed by atoms with Crippen LogP contribution in [0.5, 0.6) is 0 Å². The third kappa shape index (κ3) is 26.1. The molecule has 0 saturated carbocycles. The maximum absolute atomic E-state index is 6.40. The Morgan fingerprint density at radius 1 is 0.297 bits per heavy atom. The molecule has 3 heteroatoms. The summed E-state index contributed by atoms with van der Waals surface area (Å²) >= 11 is 0. The van der Waals surface area contributed by atoms with Gasteiger partial charge in [0.15, 0.2) is 0 Å². The van der Waals surface area contributed by atoms with Crippen molar-refractivity contribution in [3.8, 4) is 0 Å². The Kier molecular flexibility index (Phi) is 30.8. The van der Waals surface area contributed by atoms with Gasteiger partial charge in [-0.2, -0.15) is 0 Å². The molecule has 0 bridgehead atoms. The molecule has 0 aliphatic heterocycles. The maximum atomic E-state index is 6.40. The Morgan fingerprint density at radius 2 is 0.514 bits per heavy atom. The Morgan fingerprint density at radius 3 is 0.730 bits per heavy atom. The molecule has 0 fully saturated rings. The van der Waals surface area contributed by atoms with Crippen LogP contribution in [0.25, 0.3) is 0 Å². The smallest absolute Gasteiger partial charge is 0.338 e. The largest absolute Gasteiger partial charge is 0.394 e. The zero-order valence-corrected chi connectivity index (χ0v) is 27.5. The maximum Gasteiger partial charge on any atom is 0.338 e. The first-order valence-electron chi connectivity index (χ1n) is 17.5. The summed E-state index contributed by atoms with van der Waals surface area (Å²) in [6.07, 6.45) is 36.9. The van der Waals surface area contributed by atoms with Crippen molar-refractivity contribution in [3.05, 3.63) is 0 Å². The Hall–Kier alpha value is 0.137. The van der Waals surface area contributed by atoms with Crippen LogP contribution in [0.1, 0.15) is 195 Å². The van der Waals surface area contributed by atoms with Gasteiger partial charge in [-0.1, -0.05) is 181 Å². The molecule has 0 aromatic carbocycles. The SMILES string of the molecule is CCCCCCCCCCCCCCC[Si](CCCCCCCCCCCCCCC)(OCC)OCC. The van der Waals surface area contributed by atoms with Gasteiger partial charge in [0, 0.05) is 13.2 Å². The van der Waals surface area contributed by atoms with Gasteiger partial charge in [-0.3, -0.25) is 0 Å². The van der Waals surface area contributed by atoms with Gasteiger partial charge in [0.1, 0.15) is 0 Å². The van der Waals surface area contributed by atoms with E-state index in [1.165, 1.54) is 179 Å². The standard InChI is InChI=1S/C34H72O2Si/c1-5-9-11-13-15-17-19-21-23-25-27-29-31-33-37(35-7-3,36-8-4)34-32-30-28-26-24-22-20-18-16-14-12-10-6-2/h5-34H2,1-4H3. The van der Waals surface area contributed by atoms with Crippen LogP contribution in [-0.2, 0) is 8.85 Å². The van der Waals surface area contributed by atoms with Crippen LogP contribution in [-0.4, -0.2) is 21.8 Å². The molecule has 37 heavy (non-hydrogen) atoms. The molecule has 0 atom stereocenters. The highest BCUT2D eigenvalue weighted by Crippen LogP contribution is 2.26. The summed E-state index contributed by atoms with van der Waals surface area (Å²) in [5.41, 5.74) is 0. The zero-order valence-electron chi connectivity index (χ0n) is 26.5. The second-order valence-corrected chi connectivity index (χ2v) is 15.2. The molecule has 0 aliphatic carbocycles. The molecule has 224 valence electrons. The molecule has 0 N–H and O–H groups in total. The number of hydrogen-bond donors (Lipinski definition) is 0. The van der Waals surface area contributed by atoms with Crippen LogP contribution in [0, 0.1) is 0 Å². The Labute approximate surface area is 237 Å². The van der Waals surface area contributed by atoms with Gasteiger partial charge < -0.3 is 8.85 Å². The third-order valence-corrected chi connectivity index (χ3v) is 12.0. The quantitative estimate of drug-likeness (QED) is 0.0623. The fourth-order valence-corrected chi connectivity index (χ4v) is 9.35. The lowest BCUT2D eigenvalue weighted by Gasteiger charge is -2.30. The van der Waals surface area contributed by atoms with Gasteiger partial charge >= 0.3 is 8.56 Å². The van der Waals surface area contributed by atoms with Gasteiger partial charge in [0.05, 0.1) is 0 Å². The summed E-state index contributed by atoms with van der Waals surface area (Å²) in [5, 5.41) is 0. The lowest BCUT2D eigenvalue weighted by molar-refractivity contribution is 0.180. The first-order valence-corrected chi connectivity index (χ1v) is 19.8. The molecule has 2 nitrogen and oxygen atoms in total. The van der Waals surface area contributed by atoms with Crippen molar-refractivity contribution in [1.29, 1.82) is 0 Å². The van der Waals surface area contributed by atoms with E-state index in [4.69, 9.17) is 8.85 Å². The van der Waals surface area contributed by atoms with Crippen molar-refractivity contribution in [2.45, 2.75) is 207 Å². The summed E-state index contributed by atoms with van der Waals surface area (Å²) in [5.74, 6) is 0. The lowest BCUT2D eigenvalue weighted by atomic mass is 10.0. The molecule has 0 rings (SSSR count). The van der Waals surface area contributed by atoms with E-state index in [1.807, 2.05) is 0 Å². The molecule has 0 aromatic rings. The number of unbranched alkanes of at least 4 members (excludes halogenated alkanes) is 24. The van der Waals surface area contributed by atoms with Gasteiger partial charge in [-0.05, 0) is 25.9 Å². The van der Waals surface area contributed by atoms with E-state index in [-0.39, 0.29) is 0 Å². The summed E-state index contributed by atoms with van der Waals surface area (Å²) in [7, 11) is -2.00. The molecule has 0 saturated heterocycles. The second-order valence-electron chi connectivity index (χ2n) is 11.8. The van der Waals surface area contributed by atoms with Crippen LogP contribution in [0.15, 0.2) is 0 Å². The first kappa shape index (κ1) is 37.1. The van der Waals surface area contributed by atoms with Crippen LogP contribution in [0.4, 0.5) is 0 Å². The van der Waals surface area contributed by atoms with Crippen molar-refractivity contribution in [2.75, 3.05) is 13.2 Å². The van der Waals surface area contributed by atoms with Crippen molar-refractivity contribution in [1.82, 2.24) is 0 Å². The van der Waals surface area contributed by atoms with E-state index in [1.54, 1.807) is 0 Å². The highest BCUT2D eigenvalue weighted by molar-refractivity contribution is 6.67. The average molecular weight is 541 g/mol. The van der Waals surface area contributed by atoms with Crippen molar-refractivity contribution < 1.29 is 8.85 Å². The van der Waals surface area contributed by atoms with E-state index in [2.05, 4.69) is 27.7 Å². The average Bonchev–Trinajstić information content (AvgIpc) is 2.90. The molecule has 0 unspecified atom stereocenters. The normalized spacial score (nSPS) is 12.0. The predicted molar refractivity (Wildman–Crippen MR) is 170 cm³/mol. The number of rotatable bonds is 32. The highest BCUT2D eigenvalue weighted by atomic mass is 28.4. The van der Waals surface area contributed by atoms with Gasteiger partial charge in [-0.25, -0.2) is 0 Å². The summed E-state index contributed by atoms with van der Waals surface area (Å²) in [4.78, 5) is 0. The van der Waals surface area contributed by atoms with E-state index in [9.17, 15) is 0 Å². The summed E-state index contributed by atoms with van der Waals surface area (Å²) in [6.45, 7) is 10.6. The van der Waals surface area contributed by atoms with Crippen LogP contribution in [0.3, 0.4) is 0 Å². The Balaban J connectivity index is 3.81. The van der Waals surface area contributed by atoms with Crippen LogP contribution < -0.4 is 0 Å². The first-order chi connectivity index (χ1) is 18.2. The molecule has 0 amide bonds. The highest BCUT2D eigenvalue weighted by Gasteiger charge is 2.35. The predicted octanol–water partition coefficient (Wildman–Crippen LogP) is 12.7. The molecule has 0 aliphatic rings. The summed E-state index contributed by atoms with van der Waals surface area (Å²) in [6, 6.07) is 2.43. The van der Waals surface area contributed by atoms with Gasteiger partial charge in [-0.15, -0.1) is 0 Å². The van der Waals surface area contributed by atoms with Crippen molar-refractivity contribution in [2.24, 2.45) is 0 Å². The lowest BCUT2D eigenvalue weighted by Crippen LogP contribution is -2.42. The monoisotopic (exact) mass is 541 g/mol. The zero-order chi connectivity index (χ0) is 27.1. The molecule has 0 aromatic heterocycles. The van der Waals surface area contributed by atoms with E-state index >= 15 is 0 Å². The molecule has 0 heterocycles. The summed E-state index contributed by atoms with van der Waals surface area (Å²) < 4.78 is 12.8. The second kappa shape index (κ2) is 30.7. The van der Waals surface area contributed by atoms with Gasteiger partial charge in [0.2, 0.25) is 0 Å². The topological polar surface area (TPSA) is 18.5 Å². The minimum absolute atomic E-state index is 0.823. The van der Waals surface area contributed by atoms with E-state index in [0.717, 1.165) is 13.2 Å². The molecular weight excluding hydrogens is 468 g/mol. The minimum Gasteiger partial charge on any atom is -0.394 e. The minimum atomic E-state index is -2.00. The third-order valence-electron chi connectivity index (χ3n) is 8.14. The van der Waals surface area contributed by atoms with E-state index in [0.29, 0.717) is 0 Å². The van der Waals surface area contributed by atoms with E-state index < -0.39 is 8.56 Å². The van der Waals surface area contributed by atoms with Crippen LogP contribution >= 0.6 is 0 Å².